The first kappa shape index (κ1) is 15.3. The Morgan fingerprint density at radius 2 is 2.05 bits per heavy atom. The zero-order chi connectivity index (χ0) is 15.6. The Bertz CT molecular complexity index is 618. The van der Waals surface area contributed by atoms with Crippen LogP contribution >= 0.6 is 0 Å². The van der Waals surface area contributed by atoms with E-state index in [1.54, 1.807) is 13.2 Å². The summed E-state index contributed by atoms with van der Waals surface area (Å²) in [6.07, 6.45) is 0. The van der Waals surface area contributed by atoms with Crippen molar-refractivity contribution in [3.05, 3.63) is 18.2 Å². The van der Waals surface area contributed by atoms with Gasteiger partial charge in [-0.3, -0.25) is 0 Å². The number of hydrogen-bond donors (Lipinski definition) is 1. The summed E-state index contributed by atoms with van der Waals surface area (Å²) in [7, 11) is 1.60. The Labute approximate surface area is 125 Å². The number of anilines is 1. The van der Waals surface area contributed by atoms with Gasteiger partial charge in [-0.15, -0.1) is 5.10 Å². The summed E-state index contributed by atoms with van der Waals surface area (Å²) in [5, 5.41) is 12.1. The molecule has 0 radical (unpaired) electrons. The molecule has 0 spiro atoms. The third-order valence-corrected chi connectivity index (χ3v) is 4.14. The molecule has 114 valence electrons. The van der Waals surface area contributed by atoms with Crippen LogP contribution in [0.5, 0.6) is 5.75 Å². The van der Waals surface area contributed by atoms with Crippen LogP contribution in [-0.4, -0.2) is 27.3 Å². The van der Waals surface area contributed by atoms with E-state index in [-0.39, 0.29) is 5.41 Å². The quantitative estimate of drug-likeness (QED) is 0.856. The van der Waals surface area contributed by atoms with Gasteiger partial charge in [-0.2, -0.15) is 0 Å². The molecule has 6 heteroatoms. The molecule has 6 nitrogen and oxygen atoms in total. The van der Waals surface area contributed by atoms with Gasteiger partial charge >= 0.3 is 0 Å². The first-order valence-corrected chi connectivity index (χ1v) is 7.05. The average molecular weight is 289 g/mol. The summed E-state index contributed by atoms with van der Waals surface area (Å²) in [5.74, 6) is 1.88. The van der Waals surface area contributed by atoms with E-state index >= 15 is 0 Å². The molecule has 21 heavy (non-hydrogen) atoms. The number of ether oxygens (including phenoxy) is 1. The van der Waals surface area contributed by atoms with Crippen molar-refractivity contribution >= 4 is 5.69 Å². The number of tetrazole rings is 1. The maximum atomic E-state index is 5.85. The fourth-order valence-electron chi connectivity index (χ4n) is 1.94. The number of rotatable bonds is 5. The smallest absolute Gasteiger partial charge is 0.182 e. The van der Waals surface area contributed by atoms with Crippen molar-refractivity contribution in [2.45, 2.75) is 34.2 Å². The van der Waals surface area contributed by atoms with Gasteiger partial charge in [0.1, 0.15) is 5.75 Å². The summed E-state index contributed by atoms with van der Waals surface area (Å²) in [6, 6.07) is 5.57. The molecule has 0 aliphatic carbocycles. The first-order valence-electron chi connectivity index (χ1n) is 7.05. The molecule has 0 aliphatic heterocycles. The molecule has 1 aromatic heterocycles. The van der Waals surface area contributed by atoms with Crippen LogP contribution in [0.2, 0.25) is 0 Å². The Morgan fingerprint density at radius 3 is 2.67 bits per heavy atom. The van der Waals surface area contributed by atoms with Crippen molar-refractivity contribution < 1.29 is 4.74 Å². The lowest BCUT2D eigenvalue weighted by Crippen LogP contribution is -2.26. The van der Waals surface area contributed by atoms with E-state index in [0.717, 1.165) is 17.9 Å². The van der Waals surface area contributed by atoms with Crippen LogP contribution in [0, 0.1) is 11.3 Å². The maximum absolute atomic E-state index is 5.85. The van der Waals surface area contributed by atoms with Crippen LogP contribution in [0.4, 0.5) is 5.69 Å². The van der Waals surface area contributed by atoms with Gasteiger partial charge in [0.25, 0.3) is 0 Å². The van der Waals surface area contributed by atoms with Crippen molar-refractivity contribution in [2.24, 2.45) is 11.3 Å². The maximum Gasteiger partial charge on any atom is 0.182 e. The zero-order valence-corrected chi connectivity index (χ0v) is 13.3. The fraction of sp³-hybridized carbons (Fsp3) is 0.533. The number of hydrogen-bond acceptors (Lipinski definition) is 5. The largest absolute Gasteiger partial charge is 0.495 e. The van der Waals surface area contributed by atoms with E-state index in [1.165, 1.54) is 0 Å². The second kappa shape index (κ2) is 5.71. The Balaban J connectivity index is 2.37. The van der Waals surface area contributed by atoms with Gasteiger partial charge in [0.05, 0.1) is 19.3 Å². The molecule has 0 unspecified atom stereocenters. The second-order valence-electron chi connectivity index (χ2n) is 6.26. The van der Waals surface area contributed by atoms with Gasteiger partial charge < -0.3 is 10.5 Å². The summed E-state index contributed by atoms with van der Waals surface area (Å²) in [5.41, 5.74) is 7.44. The topological polar surface area (TPSA) is 78.9 Å². The highest BCUT2D eigenvalue weighted by Crippen LogP contribution is 2.31. The molecule has 0 bridgehead atoms. The standard InChI is InChI=1S/C15H23N5O/c1-10(2)15(3,4)9-20-14(17-18-19-20)11-6-7-12(16)13(8-11)21-5/h6-8,10H,9,16H2,1-5H3. The fourth-order valence-corrected chi connectivity index (χ4v) is 1.94. The third-order valence-electron chi connectivity index (χ3n) is 4.14. The monoisotopic (exact) mass is 289 g/mol. The lowest BCUT2D eigenvalue weighted by molar-refractivity contribution is 0.200. The lowest BCUT2D eigenvalue weighted by Gasteiger charge is -2.29. The van der Waals surface area contributed by atoms with Crippen LogP contribution in [0.3, 0.4) is 0 Å². The van der Waals surface area contributed by atoms with Crippen LogP contribution in [-0.2, 0) is 6.54 Å². The highest BCUT2D eigenvalue weighted by Gasteiger charge is 2.25. The summed E-state index contributed by atoms with van der Waals surface area (Å²) in [4.78, 5) is 0. The Kier molecular flexibility index (Phi) is 4.16. The third kappa shape index (κ3) is 3.15. The molecule has 0 fully saturated rings. The van der Waals surface area contributed by atoms with Crippen molar-refractivity contribution in [1.29, 1.82) is 0 Å². The van der Waals surface area contributed by atoms with Gasteiger partial charge in [0, 0.05) is 5.56 Å². The predicted molar refractivity (Wildman–Crippen MR) is 82.8 cm³/mol. The number of methoxy groups -OCH3 is 1. The summed E-state index contributed by atoms with van der Waals surface area (Å²) in [6.45, 7) is 9.59. The van der Waals surface area contributed by atoms with E-state index in [1.807, 2.05) is 16.8 Å². The molecule has 1 aromatic carbocycles. The van der Waals surface area contributed by atoms with Gasteiger partial charge in [-0.25, -0.2) is 4.68 Å². The van der Waals surface area contributed by atoms with E-state index < -0.39 is 0 Å². The van der Waals surface area contributed by atoms with Crippen LogP contribution in [0.25, 0.3) is 11.4 Å². The Morgan fingerprint density at radius 1 is 1.33 bits per heavy atom. The number of aromatic nitrogens is 4. The van der Waals surface area contributed by atoms with E-state index in [2.05, 4.69) is 43.2 Å². The van der Waals surface area contributed by atoms with Crippen LogP contribution in [0.15, 0.2) is 18.2 Å². The van der Waals surface area contributed by atoms with Gasteiger partial charge in [-0.1, -0.05) is 27.7 Å². The van der Waals surface area contributed by atoms with Crippen molar-refractivity contribution in [3.8, 4) is 17.1 Å². The predicted octanol–water partition coefficient (Wildman–Crippen LogP) is 2.61. The van der Waals surface area contributed by atoms with E-state index in [4.69, 9.17) is 10.5 Å². The molecule has 1 heterocycles. The van der Waals surface area contributed by atoms with Crippen molar-refractivity contribution in [2.75, 3.05) is 12.8 Å². The van der Waals surface area contributed by atoms with E-state index in [0.29, 0.717) is 17.4 Å². The van der Waals surface area contributed by atoms with Crippen molar-refractivity contribution in [3.63, 3.8) is 0 Å². The van der Waals surface area contributed by atoms with Gasteiger partial charge in [0.2, 0.25) is 0 Å². The highest BCUT2D eigenvalue weighted by molar-refractivity contribution is 5.65. The number of nitrogens with two attached hydrogens (primary N) is 1. The molecule has 0 saturated heterocycles. The summed E-state index contributed by atoms with van der Waals surface area (Å²) < 4.78 is 7.10. The SMILES string of the molecule is COc1cc(-c2nnnn2CC(C)(C)C(C)C)ccc1N. The minimum absolute atomic E-state index is 0.0992. The minimum atomic E-state index is 0.0992. The molecule has 0 atom stereocenters. The number of nitrogen functional groups attached to an aromatic ring is 1. The zero-order valence-electron chi connectivity index (χ0n) is 13.3. The van der Waals surface area contributed by atoms with E-state index in [9.17, 15) is 0 Å². The average Bonchev–Trinajstić information content (AvgIpc) is 2.86. The highest BCUT2D eigenvalue weighted by atomic mass is 16.5. The molecular weight excluding hydrogens is 266 g/mol. The van der Waals surface area contributed by atoms with Crippen molar-refractivity contribution in [1.82, 2.24) is 20.2 Å². The van der Waals surface area contributed by atoms with Crippen LogP contribution in [0.1, 0.15) is 27.7 Å². The first-order chi connectivity index (χ1) is 9.85. The Hall–Kier alpha value is -2.11. The molecule has 2 N–H and O–H groups in total. The second-order valence-corrected chi connectivity index (χ2v) is 6.26. The van der Waals surface area contributed by atoms with Gasteiger partial charge in [-0.05, 0) is 40.0 Å². The number of nitrogens with zero attached hydrogens (tertiary/aromatic N) is 4. The number of benzene rings is 1. The normalized spacial score (nSPS) is 11.9. The lowest BCUT2D eigenvalue weighted by atomic mass is 9.81. The van der Waals surface area contributed by atoms with Gasteiger partial charge in [0.15, 0.2) is 5.82 Å². The summed E-state index contributed by atoms with van der Waals surface area (Å²) >= 11 is 0. The molecule has 0 amide bonds. The molecular formula is C15H23N5O. The van der Waals surface area contributed by atoms with Crippen LogP contribution < -0.4 is 10.5 Å². The molecule has 0 aliphatic rings. The molecule has 0 saturated carbocycles. The minimum Gasteiger partial charge on any atom is -0.495 e. The molecule has 2 aromatic rings. The molecule has 2 rings (SSSR count).